The SMILES string of the molecule is CC(C)CC(NC(=O)C(CCC(N)=O)NC(=O)C1CCCN1)C(=O)NC(Cc1c[nH]c2ccccc12)C(=O)O. The number of hydrogen-bond acceptors (Lipinski definition) is 6. The third-order valence-electron chi connectivity index (χ3n) is 6.74. The van der Waals surface area contributed by atoms with Crippen LogP contribution in [0.3, 0.4) is 0 Å². The minimum atomic E-state index is -1.23. The van der Waals surface area contributed by atoms with E-state index in [2.05, 4.69) is 26.3 Å². The molecular formula is C27H38N6O6. The van der Waals surface area contributed by atoms with Crippen molar-refractivity contribution in [3.05, 3.63) is 36.0 Å². The summed E-state index contributed by atoms with van der Waals surface area (Å²) < 4.78 is 0. The summed E-state index contributed by atoms with van der Waals surface area (Å²) in [4.78, 5) is 65.7. The van der Waals surface area contributed by atoms with Gasteiger partial charge >= 0.3 is 5.97 Å². The van der Waals surface area contributed by atoms with Crippen LogP contribution in [0.15, 0.2) is 30.5 Å². The van der Waals surface area contributed by atoms with Crippen molar-refractivity contribution in [1.82, 2.24) is 26.3 Å². The number of primary amides is 1. The molecule has 4 atom stereocenters. The van der Waals surface area contributed by atoms with Gasteiger partial charge < -0.3 is 37.1 Å². The molecule has 0 radical (unpaired) electrons. The van der Waals surface area contributed by atoms with E-state index < -0.39 is 47.9 Å². The lowest BCUT2D eigenvalue weighted by Crippen LogP contribution is -2.57. The van der Waals surface area contributed by atoms with Crippen LogP contribution in [-0.4, -0.2) is 70.4 Å². The number of carboxylic acids is 1. The molecule has 1 saturated heterocycles. The monoisotopic (exact) mass is 542 g/mol. The van der Waals surface area contributed by atoms with Crippen molar-refractivity contribution < 1.29 is 29.1 Å². The Bertz CT molecular complexity index is 1190. The lowest BCUT2D eigenvalue weighted by atomic mass is 10.0. The van der Waals surface area contributed by atoms with Gasteiger partial charge in [0, 0.05) is 29.9 Å². The lowest BCUT2D eigenvalue weighted by molar-refractivity contribution is -0.142. The van der Waals surface area contributed by atoms with Gasteiger partial charge in [-0.3, -0.25) is 19.2 Å². The number of aliphatic carboxylic acids is 1. The Labute approximate surface area is 226 Å². The number of rotatable bonds is 14. The number of hydrogen-bond donors (Lipinski definition) is 7. The quantitative estimate of drug-likeness (QED) is 0.178. The summed E-state index contributed by atoms with van der Waals surface area (Å²) in [5.74, 6) is -3.52. The second-order valence-electron chi connectivity index (χ2n) is 10.4. The first-order chi connectivity index (χ1) is 18.5. The molecule has 1 aromatic carbocycles. The number of amides is 4. The Balaban J connectivity index is 1.72. The van der Waals surface area contributed by atoms with Crippen molar-refractivity contribution >= 4 is 40.5 Å². The number of nitrogens with two attached hydrogens (primary N) is 1. The van der Waals surface area contributed by atoms with Crippen molar-refractivity contribution in [2.75, 3.05) is 6.54 Å². The summed E-state index contributed by atoms with van der Waals surface area (Å²) in [6, 6.07) is 3.63. The molecule has 39 heavy (non-hydrogen) atoms. The summed E-state index contributed by atoms with van der Waals surface area (Å²) >= 11 is 0. The fourth-order valence-corrected chi connectivity index (χ4v) is 4.70. The minimum Gasteiger partial charge on any atom is -0.480 e. The normalized spacial score (nSPS) is 17.4. The van der Waals surface area contributed by atoms with E-state index in [4.69, 9.17) is 5.73 Å². The van der Waals surface area contributed by atoms with Gasteiger partial charge in [-0.1, -0.05) is 32.0 Å². The van der Waals surface area contributed by atoms with Gasteiger partial charge in [0.2, 0.25) is 23.6 Å². The number of H-pyrrole nitrogens is 1. The van der Waals surface area contributed by atoms with Crippen LogP contribution in [0.25, 0.3) is 10.9 Å². The fourth-order valence-electron chi connectivity index (χ4n) is 4.70. The molecule has 1 aliphatic rings. The molecule has 1 aromatic heterocycles. The molecular weight excluding hydrogens is 504 g/mol. The average molecular weight is 543 g/mol. The predicted molar refractivity (Wildman–Crippen MR) is 144 cm³/mol. The van der Waals surface area contributed by atoms with Gasteiger partial charge in [-0.2, -0.15) is 0 Å². The molecule has 3 rings (SSSR count). The highest BCUT2D eigenvalue weighted by Gasteiger charge is 2.32. The Morgan fingerprint density at radius 1 is 1.03 bits per heavy atom. The molecule has 4 unspecified atom stereocenters. The Kier molecular flexibility index (Phi) is 10.4. The number of nitrogens with one attached hydrogen (secondary N) is 5. The van der Waals surface area contributed by atoms with Gasteiger partial charge in [0.25, 0.3) is 0 Å². The van der Waals surface area contributed by atoms with E-state index in [1.807, 2.05) is 38.1 Å². The van der Waals surface area contributed by atoms with Crippen molar-refractivity contribution in [3.63, 3.8) is 0 Å². The van der Waals surface area contributed by atoms with Crippen LogP contribution in [0.4, 0.5) is 0 Å². The number of fused-ring (bicyclic) bond motifs is 1. The van der Waals surface area contributed by atoms with E-state index in [-0.39, 0.29) is 37.5 Å². The molecule has 0 saturated carbocycles. The number of para-hydroxylation sites is 1. The van der Waals surface area contributed by atoms with Gasteiger partial charge in [-0.15, -0.1) is 0 Å². The Morgan fingerprint density at radius 3 is 2.36 bits per heavy atom. The molecule has 8 N–H and O–H groups in total. The van der Waals surface area contributed by atoms with Crippen LogP contribution in [-0.2, 0) is 30.4 Å². The molecule has 0 aliphatic carbocycles. The summed E-state index contributed by atoms with van der Waals surface area (Å²) in [5, 5.41) is 21.6. The molecule has 4 amide bonds. The maximum atomic E-state index is 13.3. The van der Waals surface area contributed by atoms with Crippen molar-refractivity contribution in [2.45, 2.75) is 76.5 Å². The number of carbonyl (C=O) groups excluding carboxylic acids is 4. The van der Waals surface area contributed by atoms with E-state index in [1.165, 1.54) is 0 Å². The van der Waals surface area contributed by atoms with E-state index >= 15 is 0 Å². The van der Waals surface area contributed by atoms with Gasteiger partial charge in [0.15, 0.2) is 0 Å². The first-order valence-corrected chi connectivity index (χ1v) is 13.3. The average Bonchev–Trinajstić information content (AvgIpc) is 3.56. The van der Waals surface area contributed by atoms with Crippen LogP contribution < -0.4 is 27.0 Å². The molecule has 212 valence electrons. The predicted octanol–water partition coefficient (Wildman–Crippen LogP) is 0.313. The zero-order valence-corrected chi connectivity index (χ0v) is 22.3. The molecule has 12 nitrogen and oxygen atoms in total. The third-order valence-corrected chi connectivity index (χ3v) is 6.74. The van der Waals surface area contributed by atoms with E-state index in [0.717, 1.165) is 22.9 Å². The maximum Gasteiger partial charge on any atom is 0.326 e. The molecule has 2 aromatic rings. The summed E-state index contributed by atoms with van der Waals surface area (Å²) in [5.41, 5.74) is 6.85. The largest absolute Gasteiger partial charge is 0.480 e. The number of benzene rings is 1. The highest BCUT2D eigenvalue weighted by atomic mass is 16.4. The topological polar surface area (TPSA) is 196 Å². The van der Waals surface area contributed by atoms with Crippen LogP contribution in [0.1, 0.15) is 51.5 Å². The second-order valence-corrected chi connectivity index (χ2v) is 10.4. The summed E-state index contributed by atoms with van der Waals surface area (Å²) in [6.45, 7) is 4.42. The fraction of sp³-hybridized carbons (Fsp3) is 0.519. The molecule has 2 heterocycles. The van der Waals surface area contributed by atoms with Crippen LogP contribution >= 0.6 is 0 Å². The van der Waals surface area contributed by atoms with Gasteiger partial charge in [-0.05, 0) is 49.8 Å². The summed E-state index contributed by atoms with van der Waals surface area (Å²) in [6.07, 6.45) is 3.27. The smallest absolute Gasteiger partial charge is 0.326 e. The number of carboxylic acid groups (broad SMARTS) is 1. The molecule has 12 heteroatoms. The Morgan fingerprint density at radius 2 is 1.72 bits per heavy atom. The zero-order chi connectivity index (χ0) is 28.5. The molecule has 0 bridgehead atoms. The lowest BCUT2D eigenvalue weighted by Gasteiger charge is -2.26. The number of carbonyl (C=O) groups is 5. The van der Waals surface area contributed by atoms with Gasteiger partial charge in [0.1, 0.15) is 18.1 Å². The minimum absolute atomic E-state index is 0.0145. The molecule has 1 fully saturated rings. The third kappa shape index (κ3) is 8.54. The van der Waals surface area contributed by atoms with Crippen LogP contribution in [0, 0.1) is 5.92 Å². The van der Waals surface area contributed by atoms with E-state index in [0.29, 0.717) is 13.0 Å². The summed E-state index contributed by atoms with van der Waals surface area (Å²) in [7, 11) is 0. The van der Waals surface area contributed by atoms with E-state index in [1.54, 1.807) is 6.20 Å². The maximum absolute atomic E-state index is 13.3. The van der Waals surface area contributed by atoms with E-state index in [9.17, 15) is 29.1 Å². The van der Waals surface area contributed by atoms with Crippen LogP contribution in [0.2, 0.25) is 0 Å². The van der Waals surface area contributed by atoms with Crippen molar-refractivity contribution in [1.29, 1.82) is 0 Å². The highest BCUT2D eigenvalue weighted by Crippen LogP contribution is 2.19. The van der Waals surface area contributed by atoms with Crippen molar-refractivity contribution in [3.8, 4) is 0 Å². The molecule has 1 aliphatic heterocycles. The Hall–Kier alpha value is -3.93. The van der Waals surface area contributed by atoms with Gasteiger partial charge in [0.05, 0.1) is 6.04 Å². The first-order valence-electron chi connectivity index (χ1n) is 13.3. The number of aromatic amines is 1. The van der Waals surface area contributed by atoms with Crippen molar-refractivity contribution in [2.24, 2.45) is 11.7 Å². The highest BCUT2D eigenvalue weighted by molar-refractivity contribution is 5.94. The molecule has 0 spiro atoms. The standard InChI is InChI=1S/C27H38N6O6/c1-15(2)12-21(32-25(36)20(9-10-23(28)34)31-24(35)19-8-5-11-29-19)26(37)33-22(27(38)39)13-16-14-30-18-7-4-3-6-17(16)18/h3-4,6-7,14-15,19-22,29-30H,5,8-13H2,1-2H3,(H2,28,34)(H,31,35)(H,32,36)(H,33,37)(H,38,39). The number of aromatic nitrogens is 1. The second kappa shape index (κ2) is 13.7. The zero-order valence-electron chi connectivity index (χ0n) is 22.3. The van der Waals surface area contributed by atoms with Crippen LogP contribution in [0.5, 0.6) is 0 Å². The first kappa shape index (κ1) is 29.6. The van der Waals surface area contributed by atoms with Gasteiger partial charge in [-0.25, -0.2) is 4.79 Å².